The minimum Gasteiger partial charge on any atom is -0.469 e. The molecule has 0 bridgehead atoms. The molecule has 19 heavy (non-hydrogen) atoms. The van der Waals surface area contributed by atoms with Crippen LogP contribution in [0, 0.1) is 25.1 Å². The standard InChI is InChI=1S/C15H22FNO2/c1-9-6-11(16)7-10(2)13(9)12(17)8-15(3,4)14(18)19-5/h6-7,12H,8,17H2,1-5H3. The van der Waals surface area contributed by atoms with Crippen LogP contribution in [0.25, 0.3) is 0 Å². The van der Waals surface area contributed by atoms with Gasteiger partial charge < -0.3 is 10.5 Å². The van der Waals surface area contributed by atoms with E-state index in [2.05, 4.69) is 0 Å². The molecule has 0 aliphatic heterocycles. The second-order valence-corrected chi connectivity index (χ2v) is 5.64. The number of aryl methyl sites for hydroxylation is 2. The number of carbonyl (C=O) groups is 1. The van der Waals surface area contributed by atoms with Gasteiger partial charge in [-0.2, -0.15) is 0 Å². The zero-order valence-electron chi connectivity index (χ0n) is 12.2. The number of hydrogen-bond acceptors (Lipinski definition) is 3. The second-order valence-electron chi connectivity index (χ2n) is 5.64. The van der Waals surface area contributed by atoms with Crippen molar-refractivity contribution in [3.05, 3.63) is 34.6 Å². The number of benzene rings is 1. The first-order chi connectivity index (χ1) is 8.69. The van der Waals surface area contributed by atoms with E-state index in [4.69, 9.17) is 10.5 Å². The van der Waals surface area contributed by atoms with Gasteiger partial charge in [0.1, 0.15) is 5.82 Å². The van der Waals surface area contributed by atoms with Gasteiger partial charge in [0.05, 0.1) is 12.5 Å². The SMILES string of the molecule is COC(=O)C(C)(C)CC(N)c1c(C)cc(F)cc1C. The van der Waals surface area contributed by atoms with Crippen molar-refractivity contribution in [1.29, 1.82) is 0 Å². The summed E-state index contributed by atoms with van der Waals surface area (Å²) >= 11 is 0. The average molecular weight is 267 g/mol. The third kappa shape index (κ3) is 3.53. The normalized spacial score (nSPS) is 13.2. The van der Waals surface area contributed by atoms with Gasteiger partial charge in [-0.25, -0.2) is 4.39 Å². The highest BCUT2D eigenvalue weighted by Gasteiger charge is 2.32. The highest BCUT2D eigenvalue weighted by molar-refractivity contribution is 5.75. The number of rotatable bonds is 4. The molecular weight excluding hydrogens is 245 g/mol. The van der Waals surface area contributed by atoms with E-state index in [1.807, 2.05) is 13.8 Å². The lowest BCUT2D eigenvalue weighted by molar-refractivity contribution is -0.151. The summed E-state index contributed by atoms with van der Waals surface area (Å²) in [5, 5.41) is 0. The Morgan fingerprint density at radius 2 is 1.84 bits per heavy atom. The summed E-state index contributed by atoms with van der Waals surface area (Å²) in [6, 6.07) is 2.61. The lowest BCUT2D eigenvalue weighted by Gasteiger charge is -2.27. The second kappa shape index (κ2) is 5.70. The zero-order valence-corrected chi connectivity index (χ0v) is 12.2. The van der Waals surface area contributed by atoms with E-state index in [1.165, 1.54) is 19.2 Å². The fourth-order valence-corrected chi connectivity index (χ4v) is 2.52. The monoisotopic (exact) mass is 267 g/mol. The van der Waals surface area contributed by atoms with Gasteiger partial charge in [-0.1, -0.05) is 0 Å². The van der Waals surface area contributed by atoms with E-state index in [-0.39, 0.29) is 17.8 Å². The predicted octanol–water partition coefficient (Wildman–Crippen LogP) is 3.03. The van der Waals surface area contributed by atoms with Crippen molar-refractivity contribution in [2.75, 3.05) is 7.11 Å². The van der Waals surface area contributed by atoms with E-state index in [0.717, 1.165) is 16.7 Å². The van der Waals surface area contributed by atoms with Crippen LogP contribution in [0.2, 0.25) is 0 Å². The Bertz CT molecular complexity index is 460. The summed E-state index contributed by atoms with van der Waals surface area (Å²) in [4.78, 5) is 11.7. The third-order valence-electron chi connectivity index (χ3n) is 3.40. The molecular formula is C15H22FNO2. The van der Waals surface area contributed by atoms with Crippen molar-refractivity contribution in [2.24, 2.45) is 11.1 Å². The minimum atomic E-state index is -0.665. The van der Waals surface area contributed by atoms with Crippen molar-refractivity contribution in [1.82, 2.24) is 0 Å². The van der Waals surface area contributed by atoms with E-state index in [0.29, 0.717) is 6.42 Å². The Morgan fingerprint density at radius 1 is 1.37 bits per heavy atom. The Morgan fingerprint density at radius 3 is 2.26 bits per heavy atom. The number of ether oxygens (including phenoxy) is 1. The summed E-state index contributed by atoms with van der Waals surface area (Å²) in [5.74, 6) is -0.557. The van der Waals surface area contributed by atoms with Crippen molar-refractivity contribution >= 4 is 5.97 Å². The molecule has 0 aliphatic rings. The van der Waals surface area contributed by atoms with E-state index >= 15 is 0 Å². The number of halogens is 1. The van der Waals surface area contributed by atoms with Crippen LogP contribution in [-0.4, -0.2) is 13.1 Å². The first-order valence-corrected chi connectivity index (χ1v) is 6.29. The molecule has 0 aliphatic carbocycles. The Kier molecular flexibility index (Phi) is 4.69. The van der Waals surface area contributed by atoms with Crippen LogP contribution < -0.4 is 5.73 Å². The molecule has 3 nitrogen and oxygen atoms in total. The van der Waals surface area contributed by atoms with Gasteiger partial charge in [0.25, 0.3) is 0 Å². The molecule has 0 heterocycles. The van der Waals surface area contributed by atoms with Gasteiger partial charge in [0.15, 0.2) is 0 Å². The average Bonchev–Trinajstić information content (AvgIpc) is 2.25. The molecule has 106 valence electrons. The maximum absolute atomic E-state index is 13.3. The third-order valence-corrected chi connectivity index (χ3v) is 3.40. The van der Waals surface area contributed by atoms with Gasteiger partial charge >= 0.3 is 5.97 Å². The molecule has 0 saturated heterocycles. The van der Waals surface area contributed by atoms with Crippen molar-refractivity contribution in [3.8, 4) is 0 Å². The highest BCUT2D eigenvalue weighted by atomic mass is 19.1. The molecule has 0 amide bonds. The Hall–Kier alpha value is -1.42. The van der Waals surface area contributed by atoms with Crippen LogP contribution >= 0.6 is 0 Å². The molecule has 2 N–H and O–H groups in total. The van der Waals surface area contributed by atoms with Crippen molar-refractivity contribution < 1.29 is 13.9 Å². The summed E-state index contributed by atoms with van der Waals surface area (Å²) in [6.07, 6.45) is 0.451. The van der Waals surface area contributed by atoms with Gasteiger partial charge in [-0.15, -0.1) is 0 Å². The van der Waals surface area contributed by atoms with E-state index < -0.39 is 5.41 Å². The minimum absolute atomic E-state index is 0.266. The van der Waals surface area contributed by atoms with Crippen LogP contribution in [0.1, 0.15) is 43.0 Å². The Balaban J connectivity index is 3.02. The molecule has 4 heteroatoms. The maximum atomic E-state index is 13.3. The van der Waals surface area contributed by atoms with Crippen LogP contribution in [-0.2, 0) is 9.53 Å². The van der Waals surface area contributed by atoms with Crippen LogP contribution in [0.5, 0.6) is 0 Å². The molecule has 1 aromatic rings. The summed E-state index contributed by atoms with van der Waals surface area (Å²) in [7, 11) is 1.37. The highest BCUT2D eigenvalue weighted by Crippen LogP contribution is 2.32. The van der Waals surface area contributed by atoms with Crippen LogP contribution in [0.3, 0.4) is 0 Å². The van der Waals surface area contributed by atoms with Gasteiger partial charge in [0, 0.05) is 6.04 Å². The predicted molar refractivity (Wildman–Crippen MR) is 73.2 cm³/mol. The van der Waals surface area contributed by atoms with Crippen LogP contribution in [0.4, 0.5) is 4.39 Å². The van der Waals surface area contributed by atoms with Gasteiger partial charge in [0.2, 0.25) is 0 Å². The number of hydrogen-bond donors (Lipinski definition) is 1. The van der Waals surface area contributed by atoms with Gasteiger partial charge in [-0.3, -0.25) is 4.79 Å². The summed E-state index contributed by atoms with van der Waals surface area (Å²) in [5.41, 5.74) is 8.05. The fraction of sp³-hybridized carbons (Fsp3) is 0.533. The van der Waals surface area contributed by atoms with Gasteiger partial charge in [-0.05, 0) is 62.9 Å². The summed E-state index contributed by atoms with van der Waals surface area (Å²) < 4.78 is 18.1. The van der Waals surface area contributed by atoms with E-state index in [9.17, 15) is 9.18 Å². The molecule has 1 rings (SSSR count). The Labute approximate surface area is 113 Å². The first-order valence-electron chi connectivity index (χ1n) is 6.29. The van der Waals surface area contributed by atoms with Crippen molar-refractivity contribution in [3.63, 3.8) is 0 Å². The van der Waals surface area contributed by atoms with Crippen molar-refractivity contribution in [2.45, 2.75) is 40.2 Å². The number of methoxy groups -OCH3 is 1. The first kappa shape index (κ1) is 15.6. The lowest BCUT2D eigenvalue weighted by Crippen LogP contribution is -2.30. The number of esters is 1. The largest absolute Gasteiger partial charge is 0.469 e. The molecule has 1 atom stereocenters. The molecule has 0 spiro atoms. The number of carbonyl (C=O) groups excluding carboxylic acids is 1. The maximum Gasteiger partial charge on any atom is 0.311 e. The summed E-state index contributed by atoms with van der Waals surface area (Å²) in [6.45, 7) is 7.26. The molecule has 0 saturated carbocycles. The quantitative estimate of drug-likeness (QED) is 0.853. The molecule has 1 unspecified atom stereocenters. The topological polar surface area (TPSA) is 52.3 Å². The lowest BCUT2D eigenvalue weighted by atomic mass is 9.82. The molecule has 0 fully saturated rings. The molecule has 1 aromatic carbocycles. The smallest absolute Gasteiger partial charge is 0.311 e. The number of nitrogens with two attached hydrogens (primary N) is 1. The molecule has 0 aromatic heterocycles. The zero-order chi connectivity index (χ0) is 14.8. The molecule has 0 radical (unpaired) electrons. The van der Waals surface area contributed by atoms with Crippen LogP contribution in [0.15, 0.2) is 12.1 Å². The fourth-order valence-electron chi connectivity index (χ4n) is 2.52. The van der Waals surface area contributed by atoms with E-state index in [1.54, 1.807) is 13.8 Å².